The van der Waals surface area contributed by atoms with Gasteiger partial charge in [-0.25, -0.2) is 0 Å². The maximum Gasteiger partial charge on any atom is 0.116 e. The summed E-state index contributed by atoms with van der Waals surface area (Å²) in [5, 5.41) is 8.10. The topological polar surface area (TPSA) is 40.9 Å². The van der Waals surface area contributed by atoms with Crippen LogP contribution in [0.25, 0.3) is 0 Å². The molecule has 0 radical (unpaired) electrons. The van der Waals surface area contributed by atoms with Crippen LogP contribution in [-0.4, -0.2) is 6.29 Å². The molecule has 0 atom stereocenters. The molecular formula is C13H23NO. The highest BCUT2D eigenvalue weighted by Crippen LogP contribution is 1.85. The predicted octanol–water partition coefficient (Wildman–Crippen LogP) is 4.07. The molecule has 0 aliphatic rings. The molecule has 0 fully saturated rings. The number of aldehydes is 1. The van der Waals surface area contributed by atoms with Crippen molar-refractivity contribution in [2.24, 2.45) is 0 Å². The maximum absolute atomic E-state index is 8.81. The lowest BCUT2D eigenvalue weighted by atomic mass is 10.3. The van der Waals surface area contributed by atoms with Gasteiger partial charge in [0, 0.05) is 5.57 Å². The molecule has 0 amide bonds. The van der Waals surface area contributed by atoms with Crippen molar-refractivity contribution in [2.45, 2.75) is 34.6 Å². The molecule has 86 valence electrons. The molecule has 0 saturated heterocycles. The summed E-state index contributed by atoms with van der Waals surface area (Å²) in [6.45, 7) is 15.9. The van der Waals surface area contributed by atoms with E-state index in [4.69, 9.17) is 10.1 Å². The number of allylic oxidation sites excluding steroid dienone is 4. The van der Waals surface area contributed by atoms with E-state index in [2.05, 4.69) is 13.2 Å². The molecule has 2 heteroatoms. The first-order valence-corrected chi connectivity index (χ1v) is 4.80. The fourth-order valence-corrected chi connectivity index (χ4v) is 0.214. The van der Waals surface area contributed by atoms with Gasteiger partial charge in [-0.15, -0.1) is 6.58 Å². The largest absolute Gasteiger partial charge is 0.304 e. The molecule has 0 rings (SSSR count). The van der Waals surface area contributed by atoms with E-state index in [1.165, 1.54) is 6.92 Å². The van der Waals surface area contributed by atoms with Gasteiger partial charge in [-0.2, -0.15) is 5.26 Å². The van der Waals surface area contributed by atoms with Crippen molar-refractivity contribution < 1.29 is 4.79 Å². The van der Waals surface area contributed by atoms with Gasteiger partial charge in [0.1, 0.15) is 6.29 Å². The zero-order valence-electron chi connectivity index (χ0n) is 10.6. The summed E-state index contributed by atoms with van der Waals surface area (Å²) in [7, 11) is 0. The first-order chi connectivity index (χ1) is 7.14. The molecule has 2 nitrogen and oxygen atoms in total. The third-order valence-corrected chi connectivity index (χ3v) is 0.544. The Hall–Kier alpha value is -1.62. The highest BCUT2D eigenvalue weighted by Gasteiger charge is 1.73. The highest BCUT2D eigenvalue weighted by atomic mass is 16.1. The van der Waals surface area contributed by atoms with Gasteiger partial charge in [0.15, 0.2) is 0 Å². The van der Waals surface area contributed by atoms with E-state index in [1.807, 2.05) is 26.8 Å². The van der Waals surface area contributed by atoms with Crippen molar-refractivity contribution in [3.8, 4) is 6.07 Å². The lowest BCUT2D eigenvalue weighted by Crippen LogP contribution is -1.60. The normalized spacial score (nSPS) is 6.80. The van der Waals surface area contributed by atoms with E-state index in [0.29, 0.717) is 5.57 Å². The van der Waals surface area contributed by atoms with Gasteiger partial charge in [0.2, 0.25) is 0 Å². The van der Waals surface area contributed by atoms with E-state index < -0.39 is 0 Å². The molecule has 0 aliphatic carbocycles. The minimum Gasteiger partial charge on any atom is -0.304 e. The van der Waals surface area contributed by atoms with Crippen molar-refractivity contribution in [1.82, 2.24) is 0 Å². The Balaban J connectivity index is -0.0000000638. The summed E-state index contributed by atoms with van der Waals surface area (Å²) in [5.74, 6) is 0. The van der Waals surface area contributed by atoms with Crippen molar-refractivity contribution in [3.63, 3.8) is 0 Å². The second-order valence-electron chi connectivity index (χ2n) is 1.84. The van der Waals surface area contributed by atoms with Gasteiger partial charge in [-0.3, -0.25) is 0 Å². The summed E-state index contributed by atoms with van der Waals surface area (Å²) in [4.78, 5) is 8.81. The summed E-state index contributed by atoms with van der Waals surface area (Å²) in [6.07, 6.45) is 5.76. The van der Waals surface area contributed by atoms with Gasteiger partial charge < -0.3 is 4.79 Å². The van der Waals surface area contributed by atoms with Crippen LogP contribution >= 0.6 is 0 Å². The molecule has 0 spiro atoms. The Morgan fingerprint density at radius 3 is 1.60 bits per heavy atom. The Bertz CT molecular complexity index is 191. The van der Waals surface area contributed by atoms with Crippen LogP contribution in [0.3, 0.4) is 0 Å². The van der Waals surface area contributed by atoms with E-state index in [9.17, 15) is 0 Å². The molecule has 0 aromatic rings. The standard InChI is InChI=1S/C6H7N.C3H6.C2H4O.C2H6/c1-3-4-6(2)5-7;1-3-2;1-2-3;1-2/h3-4H,1H2,2H3;3H,1H2,2H3;2H,1H3;1-2H3/b6-4+;;;. The number of hydrogen-bond acceptors (Lipinski definition) is 2. The Morgan fingerprint density at radius 1 is 1.27 bits per heavy atom. The number of rotatable bonds is 1. The number of carbonyl (C=O) groups is 1. The van der Waals surface area contributed by atoms with Gasteiger partial charge in [0.05, 0.1) is 6.07 Å². The fourth-order valence-electron chi connectivity index (χ4n) is 0.214. The Kier molecular flexibility index (Phi) is 61.2. The molecule has 0 bridgehead atoms. The summed E-state index contributed by atoms with van der Waals surface area (Å²) in [5.41, 5.74) is 0.690. The minimum atomic E-state index is 0.690. The molecule has 15 heavy (non-hydrogen) atoms. The van der Waals surface area contributed by atoms with Crippen LogP contribution in [0.5, 0.6) is 0 Å². The van der Waals surface area contributed by atoms with Crippen molar-refractivity contribution in [2.75, 3.05) is 0 Å². The summed E-state index contributed by atoms with van der Waals surface area (Å²) in [6, 6.07) is 1.96. The second kappa shape index (κ2) is 39.4. The third kappa shape index (κ3) is 117. The number of nitrogens with zero attached hydrogens (tertiary/aromatic N) is 1. The first kappa shape index (κ1) is 23.3. The Labute approximate surface area is 94.6 Å². The SMILES string of the molecule is C=C/C=C(\C)C#N.C=CC.CC.CC=O. The lowest BCUT2D eigenvalue weighted by Gasteiger charge is -1.72. The van der Waals surface area contributed by atoms with Crippen LogP contribution in [0.4, 0.5) is 0 Å². The highest BCUT2D eigenvalue weighted by molar-refractivity contribution is 5.44. The van der Waals surface area contributed by atoms with Gasteiger partial charge in [0.25, 0.3) is 0 Å². The van der Waals surface area contributed by atoms with Crippen molar-refractivity contribution >= 4 is 6.29 Å². The third-order valence-electron chi connectivity index (χ3n) is 0.544. The average Bonchev–Trinajstić information content (AvgIpc) is 2.23. The van der Waals surface area contributed by atoms with E-state index in [0.717, 1.165) is 6.29 Å². The molecule has 0 unspecified atom stereocenters. The second-order valence-corrected chi connectivity index (χ2v) is 1.84. The predicted molar refractivity (Wildman–Crippen MR) is 68.5 cm³/mol. The van der Waals surface area contributed by atoms with Gasteiger partial charge >= 0.3 is 0 Å². The zero-order valence-corrected chi connectivity index (χ0v) is 10.6. The van der Waals surface area contributed by atoms with Gasteiger partial charge in [-0.05, 0) is 26.8 Å². The monoisotopic (exact) mass is 209 g/mol. The number of nitriles is 1. The van der Waals surface area contributed by atoms with Crippen LogP contribution in [0.15, 0.2) is 37.0 Å². The van der Waals surface area contributed by atoms with E-state index in [1.54, 1.807) is 25.2 Å². The molecule has 0 aromatic carbocycles. The van der Waals surface area contributed by atoms with Crippen LogP contribution in [0, 0.1) is 11.3 Å². The maximum atomic E-state index is 8.81. The van der Waals surface area contributed by atoms with Crippen molar-refractivity contribution in [3.05, 3.63) is 37.0 Å². The van der Waals surface area contributed by atoms with Crippen LogP contribution < -0.4 is 0 Å². The van der Waals surface area contributed by atoms with Crippen LogP contribution in [0.2, 0.25) is 0 Å². The summed E-state index contributed by atoms with van der Waals surface area (Å²) >= 11 is 0. The number of hydrogen-bond donors (Lipinski definition) is 0. The van der Waals surface area contributed by atoms with E-state index in [-0.39, 0.29) is 0 Å². The van der Waals surface area contributed by atoms with E-state index >= 15 is 0 Å². The smallest absolute Gasteiger partial charge is 0.116 e. The van der Waals surface area contributed by atoms with Crippen LogP contribution in [0.1, 0.15) is 34.6 Å². The minimum absolute atomic E-state index is 0.690. The molecule has 0 heterocycles. The zero-order chi connectivity index (χ0) is 13.1. The van der Waals surface area contributed by atoms with Gasteiger partial charge in [-0.1, -0.05) is 32.6 Å². The molecule has 0 aliphatic heterocycles. The average molecular weight is 209 g/mol. The summed E-state index contributed by atoms with van der Waals surface area (Å²) < 4.78 is 0. The van der Waals surface area contributed by atoms with Crippen LogP contribution in [-0.2, 0) is 4.79 Å². The molecule has 0 aromatic heterocycles. The quantitative estimate of drug-likeness (QED) is 0.283. The number of carbonyl (C=O) groups excluding carboxylic acids is 1. The molecule has 0 N–H and O–H groups in total. The Morgan fingerprint density at radius 2 is 1.53 bits per heavy atom. The fraction of sp³-hybridized carbons (Fsp3) is 0.385. The molecule has 0 saturated carbocycles. The lowest BCUT2D eigenvalue weighted by molar-refractivity contribution is -0.106. The van der Waals surface area contributed by atoms with Crippen molar-refractivity contribution in [1.29, 1.82) is 5.26 Å². The molecular weight excluding hydrogens is 186 g/mol. The first-order valence-electron chi connectivity index (χ1n) is 4.80.